The summed E-state index contributed by atoms with van der Waals surface area (Å²) in [7, 11) is 0. The van der Waals surface area contributed by atoms with E-state index in [0.29, 0.717) is 10.2 Å². The molecule has 23 heavy (non-hydrogen) atoms. The van der Waals surface area contributed by atoms with Crippen LogP contribution >= 0.6 is 31.9 Å². The van der Waals surface area contributed by atoms with E-state index in [1.165, 1.54) is 12.1 Å². The third kappa shape index (κ3) is 4.71. The van der Waals surface area contributed by atoms with Gasteiger partial charge in [-0.05, 0) is 58.7 Å². The van der Waals surface area contributed by atoms with Crippen LogP contribution in [0.5, 0.6) is 0 Å². The maximum atomic E-state index is 12.7. The minimum Gasteiger partial charge on any atom is -0.308 e. The molecule has 2 aromatic carbocycles. The van der Waals surface area contributed by atoms with Crippen molar-refractivity contribution in [3.8, 4) is 0 Å². The second-order valence-corrected chi connectivity index (χ2v) is 6.51. The highest BCUT2D eigenvalue weighted by Gasteiger charge is 2.30. The number of benzene rings is 2. The number of halogens is 5. The molecule has 0 spiro atoms. The molecule has 0 saturated heterocycles. The van der Waals surface area contributed by atoms with Crippen molar-refractivity contribution in [1.82, 2.24) is 0 Å². The summed E-state index contributed by atoms with van der Waals surface area (Å²) >= 11 is 6.66. The number of anilines is 2. The van der Waals surface area contributed by atoms with Crippen molar-refractivity contribution < 1.29 is 18.0 Å². The highest BCUT2D eigenvalue weighted by molar-refractivity contribution is 9.11. The molecular formula is C15H11Br2F3N2O. The van der Waals surface area contributed by atoms with Gasteiger partial charge in [-0.2, -0.15) is 13.2 Å². The molecule has 0 bridgehead atoms. The van der Waals surface area contributed by atoms with Crippen LogP contribution < -0.4 is 10.6 Å². The highest BCUT2D eigenvalue weighted by Crippen LogP contribution is 2.32. The lowest BCUT2D eigenvalue weighted by Crippen LogP contribution is -2.20. The van der Waals surface area contributed by atoms with Crippen LogP contribution in [0.15, 0.2) is 45.3 Å². The fraction of sp³-hybridized carbons (Fsp3) is 0.133. The zero-order valence-corrected chi connectivity index (χ0v) is 14.9. The van der Waals surface area contributed by atoms with Crippen LogP contribution in [-0.4, -0.2) is 6.03 Å². The number of carbonyl (C=O) groups excluding carboxylic acids is 1. The molecule has 0 aromatic heterocycles. The number of nitrogens with one attached hydrogen (secondary N) is 2. The van der Waals surface area contributed by atoms with Gasteiger partial charge in [0.05, 0.1) is 11.3 Å². The lowest BCUT2D eigenvalue weighted by molar-refractivity contribution is -0.137. The van der Waals surface area contributed by atoms with E-state index in [9.17, 15) is 18.0 Å². The molecule has 122 valence electrons. The number of alkyl halides is 3. The van der Waals surface area contributed by atoms with E-state index in [1.54, 1.807) is 13.0 Å². The number of hydrogen-bond donors (Lipinski definition) is 2. The number of hydrogen-bond acceptors (Lipinski definition) is 1. The Balaban J connectivity index is 2.15. The second-order valence-electron chi connectivity index (χ2n) is 4.74. The summed E-state index contributed by atoms with van der Waals surface area (Å²) in [6, 6.07) is 7.38. The largest absolute Gasteiger partial charge is 0.416 e. The molecule has 2 N–H and O–H groups in total. The van der Waals surface area contributed by atoms with Crippen LogP contribution in [0.25, 0.3) is 0 Å². The Bertz CT molecular complexity index is 725. The van der Waals surface area contributed by atoms with Crippen LogP contribution in [0.3, 0.4) is 0 Å². The van der Waals surface area contributed by atoms with Crippen molar-refractivity contribution in [3.05, 3.63) is 56.5 Å². The Kier molecular flexibility index (Phi) is 5.36. The molecule has 0 unspecified atom stereocenters. The average molecular weight is 452 g/mol. The second kappa shape index (κ2) is 6.92. The van der Waals surface area contributed by atoms with Crippen molar-refractivity contribution in [1.29, 1.82) is 0 Å². The molecule has 0 saturated carbocycles. The van der Waals surface area contributed by atoms with Crippen molar-refractivity contribution in [3.63, 3.8) is 0 Å². The van der Waals surface area contributed by atoms with Crippen molar-refractivity contribution in [2.45, 2.75) is 13.1 Å². The van der Waals surface area contributed by atoms with Gasteiger partial charge in [-0.15, -0.1) is 0 Å². The summed E-state index contributed by atoms with van der Waals surface area (Å²) in [5.74, 6) is 0. The van der Waals surface area contributed by atoms with Gasteiger partial charge in [-0.3, -0.25) is 0 Å². The first-order chi connectivity index (χ1) is 10.7. The third-order valence-electron chi connectivity index (χ3n) is 2.94. The number of urea groups is 1. The van der Waals surface area contributed by atoms with E-state index in [4.69, 9.17) is 0 Å². The quantitative estimate of drug-likeness (QED) is 0.562. The van der Waals surface area contributed by atoms with Crippen LogP contribution in [0.1, 0.15) is 11.1 Å². The molecule has 0 radical (unpaired) electrons. The van der Waals surface area contributed by atoms with E-state index in [2.05, 4.69) is 42.5 Å². The Labute approximate surface area is 147 Å². The highest BCUT2D eigenvalue weighted by atomic mass is 79.9. The lowest BCUT2D eigenvalue weighted by atomic mass is 10.2. The zero-order chi connectivity index (χ0) is 17.2. The van der Waals surface area contributed by atoms with Gasteiger partial charge in [-0.1, -0.05) is 22.0 Å². The first-order valence-corrected chi connectivity index (χ1v) is 7.96. The predicted molar refractivity (Wildman–Crippen MR) is 90.7 cm³/mol. The van der Waals surface area contributed by atoms with Gasteiger partial charge in [0.2, 0.25) is 0 Å². The van der Waals surface area contributed by atoms with Crippen LogP contribution in [0, 0.1) is 6.92 Å². The molecule has 0 aliphatic carbocycles. The lowest BCUT2D eigenvalue weighted by Gasteiger charge is -2.13. The van der Waals surface area contributed by atoms with E-state index in [-0.39, 0.29) is 5.69 Å². The Hall–Kier alpha value is -1.54. The van der Waals surface area contributed by atoms with Gasteiger partial charge >= 0.3 is 12.2 Å². The summed E-state index contributed by atoms with van der Waals surface area (Å²) in [6.45, 7) is 1.80. The Morgan fingerprint density at radius 2 is 1.78 bits per heavy atom. The first-order valence-electron chi connectivity index (χ1n) is 6.38. The molecule has 0 aliphatic rings. The fourth-order valence-corrected chi connectivity index (χ4v) is 3.45. The summed E-state index contributed by atoms with van der Waals surface area (Å²) in [6.07, 6.45) is -4.46. The molecule has 0 heterocycles. The fourth-order valence-electron chi connectivity index (χ4n) is 1.91. The van der Waals surface area contributed by atoms with E-state index < -0.39 is 17.8 Å². The van der Waals surface area contributed by atoms with Crippen molar-refractivity contribution in [2.24, 2.45) is 0 Å². The van der Waals surface area contributed by atoms with E-state index in [1.807, 2.05) is 6.07 Å². The molecule has 0 atom stereocenters. The summed E-state index contributed by atoms with van der Waals surface area (Å²) in [5, 5.41) is 5.00. The average Bonchev–Trinajstić information content (AvgIpc) is 2.42. The number of carbonyl (C=O) groups is 1. The van der Waals surface area contributed by atoms with E-state index >= 15 is 0 Å². The van der Waals surface area contributed by atoms with Gasteiger partial charge in [0, 0.05) is 14.6 Å². The smallest absolute Gasteiger partial charge is 0.308 e. The van der Waals surface area contributed by atoms with E-state index in [0.717, 1.165) is 22.2 Å². The summed E-state index contributed by atoms with van der Waals surface area (Å²) in [5.41, 5.74) is 0.572. The van der Waals surface area contributed by atoms with Crippen LogP contribution in [0.4, 0.5) is 29.3 Å². The Morgan fingerprint density at radius 3 is 2.39 bits per heavy atom. The van der Waals surface area contributed by atoms with Gasteiger partial charge in [0.15, 0.2) is 0 Å². The Morgan fingerprint density at radius 1 is 1.09 bits per heavy atom. The monoisotopic (exact) mass is 450 g/mol. The molecule has 0 fully saturated rings. The molecule has 3 nitrogen and oxygen atoms in total. The molecular weight excluding hydrogens is 441 g/mol. The number of aryl methyl sites for hydroxylation is 1. The predicted octanol–water partition coefficient (Wildman–Crippen LogP) is 6.18. The van der Waals surface area contributed by atoms with Crippen LogP contribution in [-0.2, 0) is 6.18 Å². The topological polar surface area (TPSA) is 41.1 Å². The van der Waals surface area contributed by atoms with Gasteiger partial charge in [-0.25, -0.2) is 4.79 Å². The van der Waals surface area contributed by atoms with Crippen molar-refractivity contribution in [2.75, 3.05) is 10.6 Å². The third-order valence-corrected chi connectivity index (χ3v) is 4.02. The maximum absolute atomic E-state index is 12.7. The van der Waals surface area contributed by atoms with Gasteiger partial charge < -0.3 is 10.6 Å². The molecule has 2 rings (SSSR count). The van der Waals surface area contributed by atoms with Crippen molar-refractivity contribution >= 4 is 49.3 Å². The summed E-state index contributed by atoms with van der Waals surface area (Å²) < 4.78 is 39.5. The number of rotatable bonds is 2. The number of amides is 2. The van der Waals surface area contributed by atoms with Gasteiger partial charge in [0.25, 0.3) is 0 Å². The SMILES string of the molecule is Cc1cc(Br)cc(Br)c1NC(=O)Nc1cccc(C(F)(F)F)c1. The first kappa shape index (κ1) is 17.8. The van der Waals surface area contributed by atoms with Crippen LogP contribution in [0.2, 0.25) is 0 Å². The standard InChI is InChI=1S/C15H11Br2F3N2O/c1-8-5-10(16)7-12(17)13(8)22-14(23)21-11-4-2-3-9(6-11)15(18,19)20/h2-7H,1H3,(H2,21,22,23). The minimum atomic E-state index is -4.46. The molecule has 2 aromatic rings. The molecule has 0 aliphatic heterocycles. The molecule has 8 heteroatoms. The van der Waals surface area contributed by atoms with Gasteiger partial charge in [0.1, 0.15) is 0 Å². The summed E-state index contributed by atoms with van der Waals surface area (Å²) in [4.78, 5) is 12.0. The minimum absolute atomic E-state index is 0.0585. The maximum Gasteiger partial charge on any atom is 0.416 e. The normalized spacial score (nSPS) is 11.2. The zero-order valence-electron chi connectivity index (χ0n) is 11.8. The molecule has 2 amide bonds.